The maximum atomic E-state index is 12.7. The van der Waals surface area contributed by atoms with Crippen LogP contribution in [0.4, 0.5) is 11.4 Å². The van der Waals surface area contributed by atoms with Crippen molar-refractivity contribution in [3.05, 3.63) is 95.6 Å². The van der Waals surface area contributed by atoms with Crippen LogP contribution in [0, 0.1) is 0 Å². The average Bonchev–Trinajstić information content (AvgIpc) is 2.73. The van der Waals surface area contributed by atoms with E-state index in [4.69, 9.17) is 0 Å². The highest BCUT2D eigenvalue weighted by atomic mass is 16.4. The van der Waals surface area contributed by atoms with Crippen LogP contribution in [0.2, 0.25) is 0 Å². The molecule has 0 aromatic heterocycles. The molecule has 0 saturated carbocycles. The second-order valence-electron chi connectivity index (χ2n) is 6.47. The minimum absolute atomic E-state index is 0.0788. The van der Waals surface area contributed by atoms with Crippen molar-refractivity contribution >= 4 is 29.2 Å². The smallest absolute Gasteiger partial charge is 0.335 e. The second kappa shape index (κ2) is 8.84. The molecule has 2 amide bonds. The Bertz CT molecular complexity index is 1050. The highest BCUT2D eigenvalue weighted by Crippen LogP contribution is 2.18. The van der Waals surface area contributed by atoms with Crippen molar-refractivity contribution in [3.63, 3.8) is 0 Å². The quantitative estimate of drug-likeness (QED) is 0.672. The first-order chi connectivity index (χ1) is 14.0. The summed E-state index contributed by atoms with van der Waals surface area (Å²) < 4.78 is 0. The van der Waals surface area contributed by atoms with Gasteiger partial charge in [-0.05, 0) is 42.0 Å². The van der Waals surface area contributed by atoms with Crippen molar-refractivity contribution in [3.8, 4) is 0 Å². The molecule has 0 bridgehead atoms. The molecule has 0 atom stereocenters. The Morgan fingerprint density at radius 2 is 1.59 bits per heavy atom. The normalized spacial score (nSPS) is 10.2. The molecule has 2 N–H and O–H groups in total. The molecular weight excluding hydrogens is 368 g/mol. The van der Waals surface area contributed by atoms with Crippen LogP contribution >= 0.6 is 0 Å². The van der Waals surface area contributed by atoms with Crippen LogP contribution in [0.3, 0.4) is 0 Å². The SMILES string of the molecule is CN(C(=O)c1cccc(NC(=O)Cc2ccccc2C(=O)O)c1)c1ccccc1. The molecule has 0 fully saturated rings. The molecule has 0 unspecified atom stereocenters. The van der Waals surface area contributed by atoms with E-state index in [0.29, 0.717) is 16.8 Å². The maximum absolute atomic E-state index is 12.7. The van der Waals surface area contributed by atoms with Crippen LogP contribution in [0.15, 0.2) is 78.9 Å². The first-order valence-electron chi connectivity index (χ1n) is 9.00. The number of aromatic carboxylic acids is 1. The zero-order chi connectivity index (χ0) is 20.8. The lowest BCUT2D eigenvalue weighted by Crippen LogP contribution is -2.26. The van der Waals surface area contributed by atoms with E-state index in [1.165, 1.54) is 11.0 Å². The number of amides is 2. The van der Waals surface area contributed by atoms with E-state index in [-0.39, 0.29) is 23.8 Å². The van der Waals surface area contributed by atoms with Gasteiger partial charge in [0.25, 0.3) is 5.91 Å². The molecule has 0 aliphatic heterocycles. The molecule has 0 heterocycles. The molecule has 6 nitrogen and oxygen atoms in total. The summed E-state index contributed by atoms with van der Waals surface area (Å²) in [5, 5.41) is 12.0. The van der Waals surface area contributed by atoms with Crippen molar-refractivity contribution < 1.29 is 19.5 Å². The van der Waals surface area contributed by atoms with Crippen LogP contribution in [0.1, 0.15) is 26.3 Å². The van der Waals surface area contributed by atoms with Gasteiger partial charge in [-0.1, -0.05) is 42.5 Å². The third-order valence-electron chi connectivity index (χ3n) is 4.44. The van der Waals surface area contributed by atoms with E-state index in [9.17, 15) is 19.5 Å². The van der Waals surface area contributed by atoms with Gasteiger partial charge in [0.15, 0.2) is 0 Å². The second-order valence-corrected chi connectivity index (χ2v) is 6.47. The topological polar surface area (TPSA) is 86.7 Å². The highest BCUT2D eigenvalue weighted by Gasteiger charge is 2.15. The number of para-hydroxylation sites is 1. The number of nitrogens with one attached hydrogen (secondary N) is 1. The van der Waals surface area contributed by atoms with Gasteiger partial charge < -0.3 is 15.3 Å². The molecule has 3 rings (SSSR count). The molecule has 6 heteroatoms. The van der Waals surface area contributed by atoms with Crippen LogP contribution < -0.4 is 10.2 Å². The van der Waals surface area contributed by atoms with E-state index in [1.807, 2.05) is 30.3 Å². The van der Waals surface area contributed by atoms with Gasteiger partial charge in [0.2, 0.25) is 5.91 Å². The van der Waals surface area contributed by atoms with Gasteiger partial charge in [-0.3, -0.25) is 9.59 Å². The molecule has 3 aromatic rings. The Hall–Kier alpha value is -3.93. The van der Waals surface area contributed by atoms with Crippen LogP contribution in [0.25, 0.3) is 0 Å². The third-order valence-corrected chi connectivity index (χ3v) is 4.44. The number of carbonyl (C=O) groups is 3. The minimum Gasteiger partial charge on any atom is -0.478 e. The molecule has 0 aliphatic carbocycles. The van der Waals surface area contributed by atoms with Gasteiger partial charge in [0.1, 0.15) is 0 Å². The number of rotatable bonds is 6. The van der Waals surface area contributed by atoms with Gasteiger partial charge in [-0.15, -0.1) is 0 Å². The predicted molar refractivity (Wildman–Crippen MR) is 111 cm³/mol. The Morgan fingerprint density at radius 3 is 2.31 bits per heavy atom. The average molecular weight is 388 g/mol. The number of carboxylic acid groups (broad SMARTS) is 1. The van der Waals surface area contributed by atoms with E-state index < -0.39 is 5.97 Å². The van der Waals surface area contributed by atoms with Crippen molar-refractivity contribution in [2.24, 2.45) is 0 Å². The van der Waals surface area contributed by atoms with Gasteiger partial charge in [-0.2, -0.15) is 0 Å². The van der Waals surface area contributed by atoms with Crippen LogP contribution in [-0.2, 0) is 11.2 Å². The number of carbonyl (C=O) groups excluding carboxylic acids is 2. The summed E-state index contributed by atoms with van der Waals surface area (Å²) in [6.45, 7) is 0. The summed E-state index contributed by atoms with van der Waals surface area (Å²) in [7, 11) is 1.69. The number of hydrogen-bond acceptors (Lipinski definition) is 3. The fourth-order valence-corrected chi connectivity index (χ4v) is 2.95. The number of benzene rings is 3. The van der Waals surface area contributed by atoms with Gasteiger partial charge in [0.05, 0.1) is 12.0 Å². The molecule has 0 saturated heterocycles. The predicted octanol–water partition coefficient (Wildman–Crippen LogP) is 3.84. The summed E-state index contributed by atoms with van der Waals surface area (Å²) in [4.78, 5) is 38.0. The fourth-order valence-electron chi connectivity index (χ4n) is 2.95. The van der Waals surface area contributed by atoms with E-state index in [1.54, 1.807) is 49.5 Å². The lowest BCUT2D eigenvalue weighted by Gasteiger charge is -2.17. The van der Waals surface area contributed by atoms with Gasteiger partial charge >= 0.3 is 5.97 Å². The molecular formula is C23H20N2O4. The Balaban J connectivity index is 1.72. The standard InChI is InChI=1S/C23H20N2O4/c1-25(19-11-3-2-4-12-19)22(27)17-9-7-10-18(14-17)24-21(26)15-16-8-5-6-13-20(16)23(28)29/h2-14H,15H2,1H3,(H,24,26)(H,28,29). The number of hydrogen-bond donors (Lipinski definition) is 2. The van der Waals surface area contributed by atoms with Crippen molar-refractivity contribution in [1.82, 2.24) is 0 Å². The third kappa shape index (κ3) is 4.87. The molecule has 0 aliphatic rings. The largest absolute Gasteiger partial charge is 0.478 e. The fraction of sp³-hybridized carbons (Fsp3) is 0.0870. The molecule has 0 spiro atoms. The Labute approximate surface area is 168 Å². The zero-order valence-corrected chi connectivity index (χ0v) is 15.8. The van der Waals surface area contributed by atoms with Crippen LogP contribution in [0.5, 0.6) is 0 Å². The first-order valence-corrected chi connectivity index (χ1v) is 9.00. The minimum atomic E-state index is -1.08. The lowest BCUT2D eigenvalue weighted by molar-refractivity contribution is -0.115. The van der Waals surface area contributed by atoms with E-state index in [0.717, 1.165) is 5.69 Å². The molecule has 3 aromatic carbocycles. The Morgan fingerprint density at radius 1 is 0.897 bits per heavy atom. The summed E-state index contributed by atoms with van der Waals surface area (Å²) >= 11 is 0. The monoisotopic (exact) mass is 388 g/mol. The number of nitrogens with zero attached hydrogens (tertiary/aromatic N) is 1. The van der Waals surface area contributed by atoms with E-state index >= 15 is 0 Å². The number of carboxylic acids is 1. The van der Waals surface area contributed by atoms with Crippen molar-refractivity contribution in [2.45, 2.75) is 6.42 Å². The highest BCUT2D eigenvalue weighted by molar-refractivity contribution is 6.06. The number of anilines is 2. The summed E-state index contributed by atoms with van der Waals surface area (Å²) in [6.07, 6.45) is -0.0788. The maximum Gasteiger partial charge on any atom is 0.335 e. The molecule has 0 radical (unpaired) electrons. The van der Waals surface area contributed by atoms with Gasteiger partial charge in [0, 0.05) is 24.0 Å². The van der Waals surface area contributed by atoms with Crippen molar-refractivity contribution in [2.75, 3.05) is 17.3 Å². The summed E-state index contributed by atoms with van der Waals surface area (Å²) in [5.41, 5.74) is 2.18. The van der Waals surface area contributed by atoms with Gasteiger partial charge in [-0.25, -0.2) is 4.79 Å². The molecule has 146 valence electrons. The zero-order valence-electron chi connectivity index (χ0n) is 15.8. The molecule has 29 heavy (non-hydrogen) atoms. The van der Waals surface area contributed by atoms with E-state index in [2.05, 4.69) is 5.32 Å². The first kappa shape index (κ1) is 19.8. The van der Waals surface area contributed by atoms with Crippen molar-refractivity contribution in [1.29, 1.82) is 0 Å². The summed E-state index contributed by atoms with van der Waals surface area (Å²) in [6, 6.07) is 22.3. The Kier molecular flexibility index (Phi) is 6.04. The van der Waals surface area contributed by atoms with Crippen LogP contribution in [-0.4, -0.2) is 29.9 Å². The summed E-state index contributed by atoms with van der Waals surface area (Å²) in [5.74, 6) is -1.65. The lowest BCUT2D eigenvalue weighted by atomic mass is 10.0.